The van der Waals surface area contributed by atoms with Crippen LogP contribution in [0.2, 0.25) is 0 Å². The average Bonchev–Trinajstić information content (AvgIpc) is 2.20. The van der Waals surface area contributed by atoms with Crippen molar-refractivity contribution in [1.82, 2.24) is 0 Å². The van der Waals surface area contributed by atoms with Crippen molar-refractivity contribution in [1.29, 1.82) is 0 Å². The van der Waals surface area contributed by atoms with Gasteiger partial charge in [0.05, 0.1) is 5.60 Å². The van der Waals surface area contributed by atoms with Crippen LogP contribution in [0.4, 0.5) is 0 Å². The van der Waals surface area contributed by atoms with E-state index in [9.17, 15) is 5.11 Å². The molecule has 1 heteroatoms. The van der Waals surface area contributed by atoms with Crippen molar-refractivity contribution in [3.05, 3.63) is 35.4 Å². The van der Waals surface area contributed by atoms with Gasteiger partial charge in [-0.15, -0.1) is 0 Å². The summed E-state index contributed by atoms with van der Waals surface area (Å²) in [7, 11) is 0. The van der Waals surface area contributed by atoms with Crippen LogP contribution in [-0.4, -0.2) is 5.11 Å². The Balaban J connectivity index is 0.000000791. The fourth-order valence-electron chi connectivity index (χ4n) is 1.17. The molecule has 1 aromatic carbocycles. The van der Waals surface area contributed by atoms with Gasteiger partial charge >= 0.3 is 0 Å². The monoisotopic (exact) mass is 194 g/mol. The van der Waals surface area contributed by atoms with Gasteiger partial charge in [0.15, 0.2) is 0 Å². The second-order valence-corrected chi connectivity index (χ2v) is 3.61. The van der Waals surface area contributed by atoms with Crippen molar-refractivity contribution < 1.29 is 5.11 Å². The zero-order chi connectivity index (χ0) is 11.2. The van der Waals surface area contributed by atoms with E-state index in [-0.39, 0.29) is 0 Å². The van der Waals surface area contributed by atoms with Gasteiger partial charge in [-0.05, 0) is 31.4 Å². The van der Waals surface area contributed by atoms with Gasteiger partial charge in [0.1, 0.15) is 0 Å². The molecule has 0 heterocycles. The first-order valence-corrected chi connectivity index (χ1v) is 5.36. The van der Waals surface area contributed by atoms with Gasteiger partial charge < -0.3 is 5.11 Å². The normalized spacial score (nSPS) is 10.4. The maximum absolute atomic E-state index is 9.71. The van der Waals surface area contributed by atoms with E-state index in [4.69, 9.17) is 0 Å². The van der Waals surface area contributed by atoms with Crippen LogP contribution in [0, 0.1) is 0 Å². The van der Waals surface area contributed by atoms with E-state index < -0.39 is 5.60 Å². The number of hydrogen-bond acceptors (Lipinski definition) is 1. The Kier molecular flexibility index (Phi) is 5.47. The van der Waals surface area contributed by atoms with Crippen molar-refractivity contribution in [3.8, 4) is 0 Å². The summed E-state index contributed by atoms with van der Waals surface area (Å²) in [4.78, 5) is 0. The highest BCUT2D eigenvalue weighted by atomic mass is 16.3. The van der Waals surface area contributed by atoms with Crippen LogP contribution in [0.15, 0.2) is 24.3 Å². The minimum atomic E-state index is -0.717. The molecule has 0 unspecified atom stereocenters. The molecule has 0 bridgehead atoms. The van der Waals surface area contributed by atoms with Crippen LogP contribution in [0.5, 0.6) is 0 Å². The van der Waals surface area contributed by atoms with Crippen molar-refractivity contribution in [2.24, 2.45) is 0 Å². The molecule has 0 aromatic heterocycles. The van der Waals surface area contributed by atoms with E-state index in [1.165, 1.54) is 5.56 Å². The summed E-state index contributed by atoms with van der Waals surface area (Å²) in [6.45, 7) is 9.73. The Hall–Kier alpha value is -0.820. The number of aryl methyl sites for hydroxylation is 1. The lowest BCUT2D eigenvalue weighted by atomic mass is 9.96. The predicted molar refractivity (Wildman–Crippen MR) is 62.4 cm³/mol. The maximum Gasteiger partial charge on any atom is 0.0840 e. The van der Waals surface area contributed by atoms with Gasteiger partial charge in [0.2, 0.25) is 0 Å². The number of aliphatic hydroxyl groups is 1. The highest BCUT2D eigenvalue weighted by molar-refractivity contribution is 5.27. The topological polar surface area (TPSA) is 20.2 Å². The van der Waals surface area contributed by atoms with Crippen LogP contribution in [0.1, 0.15) is 45.7 Å². The van der Waals surface area contributed by atoms with Crippen molar-refractivity contribution >= 4 is 0 Å². The molecule has 0 fully saturated rings. The van der Waals surface area contributed by atoms with E-state index in [1.807, 2.05) is 39.8 Å². The van der Waals surface area contributed by atoms with E-state index in [2.05, 4.69) is 19.1 Å². The van der Waals surface area contributed by atoms with Gasteiger partial charge in [-0.3, -0.25) is 0 Å². The van der Waals surface area contributed by atoms with E-state index in [0.717, 1.165) is 12.0 Å². The lowest BCUT2D eigenvalue weighted by molar-refractivity contribution is 0.0785. The molecule has 0 aliphatic rings. The Morgan fingerprint density at radius 3 is 2.21 bits per heavy atom. The third-order valence-electron chi connectivity index (χ3n) is 2.04. The second-order valence-electron chi connectivity index (χ2n) is 3.61. The zero-order valence-electron chi connectivity index (χ0n) is 9.96. The quantitative estimate of drug-likeness (QED) is 0.764. The Labute approximate surface area is 87.8 Å². The molecule has 0 spiro atoms. The summed E-state index contributed by atoms with van der Waals surface area (Å²) in [6.07, 6.45) is 1.02. The maximum atomic E-state index is 9.71. The molecule has 0 aliphatic carbocycles. The van der Waals surface area contributed by atoms with Gasteiger partial charge in [-0.2, -0.15) is 0 Å². The lowest BCUT2D eigenvalue weighted by Crippen LogP contribution is -2.15. The van der Waals surface area contributed by atoms with E-state index >= 15 is 0 Å². The molecule has 0 atom stereocenters. The third-order valence-corrected chi connectivity index (χ3v) is 2.04. The van der Waals surface area contributed by atoms with Crippen LogP contribution in [-0.2, 0) is 12.0 Å². The first kappa shape index (κ1) is 13.2. The third kappa shape index (κ3) is 3.93. The average molecular weight is 194 g/mol. The van der Waals surface area contributed by atoms with Crippen LogP contribution < -0.4 is 0 Å². The Bertz CT molecular complexity index is 258. The standard InChI is InChI=1S/C11H16O.C2H6/c1-4-9-6-5-7-10(8-9)11(2,3)12;1-2/h5-8,12H,4H2,1-3H3;1-2H3. The molecule has 0 aliphatic heterocycles. The highest BCUT2D eigenvalue weighted by Crippen LogP contribution is 2.20. The summed E-state index contributed by atoms with van der Waals surface area (Å²) in [5.41, 5.74) is 1.54. The fraction of sp³-hybridized carbons (Fsp3) is 0.538. The van der Waals surface area contributed by atoms with Crippen LogP contribution in [0.3, 0.4) is 0 Å². The van der Waals surface area contributed by atoms with Gasteiger partial charge in [-0.1, -0.05) is 45.0 Å². The molecule has 0 amide bonds. The molecule has 1 rings (SSSR count). The summed E-state index contributed by atoms with van der Waals surface area (Å²) in [5, 5.41) is 9.71. The summed E-state index contributed by atoms with van der Waals surface area (Å²) in [5.74, 6) is 0. The number of rotatable bonds is 2. The van der Waals surface area contributed by atoms with Gasteiger partial charge in [-0.25, -0.2) is 0 Å². The molecular formula is C13H22O. The predicted octanol–water partition coefficient (Wildman–Crippen LogP) is 3.50. The molecule has 1 N–H and O–H groups in total. The van der Waals surface area contributed by atoms with E-state index in [0.29, 0.717) is 0 Å². The van der Waals surface area contributed by atoms with Crippen LogP contribution >= 0.6 is 0 Å². The fourth-order valence-corrected chi connectivity index (χ4v) is 1.17. The minimum absolute atomic E-state index is 0.717. The SMILES string of the molecule is CC.CCc1cccc(C(C)(C)O)c1. The van der Waals surface area contributed by atoms with Gasteiger partial charge in [0, 0.05) is 0 Å². The zero-order valence-corrected chi connectivity index (χ0v) is 9.96. The molecular weight excluding hydrogens is 172 g/mol. The largest absolute Gasteiger partial charge is 0.386 e. The molecule has 80 valence electrons. The summed E-state index contributed by atoms with van der Waals surface area (Å²) >= 11 is 0. The van der Waals surface area contributed by atoms with Crippen molar-refractivity contribution in [2.75, 3.05) is 0 Å². The second kappa shape index (κ2) is 5.82. The number of hydrogen-bond donors (Lipinski definition) is 1. The molecule has 0 saturated heterocycles. The van der Waals surface area contributed by atoms with Crippen molar-refractivity contribution in [2.45, 2.75) is 46.6 Å². The summed E-state index contributed by atoms with van der Waals surface area (Å²) < 4.78 is 0. The smallest absolute Gasteiger partial charge is 0.0840 e. The molecule has 0 radical (unpaired) electrons. The Morgan fingerprint density at radius 2 is 1.79 bits per heavy atom. The van der Waals surface area contributed by atoms with Crippen LogP contribution in [0.25, 0.3) is 0 Å². The molecule has 14 heavy (non-hydrogen) atoms. The first-order chi connectivity index (χ1) is 6.54. The number of benzene rings is 1. The molecule has 0 saturated carbocycles. The molecule has 1 nitrogen and oxygen atoms in total. The first-order valence-electron chi connectivity index (χ1n) is 5.36. The summed E-state index contributed by atoms with van der Waals surface area (Å²) in [6, 6.07) is 8.08. The van der Waals surface area contributed by atoms with E-state index in [1.54, 1.807) is 0 Å². The lowest BCUT2D eigenvalue weighted by Gasteiger charge is -2.18. The van der Waals surface area contributed by atoms with Crippen molar-refractivity contribution in [3.63, 3.8) is 0 Å². The minimum Gasteiger partial charge on any atom is -0.386 e. The Morgan fingerprint density at radius 1 is 1.21 bits per heavy atom. The molecule has 1 aromatic rings. The highest BCUT2D eigenvalue weighted by Gasteiger charge is 2.15. The van der Waals surface area contributed by atoms with Gasteiger partial charge in [0.25, 0.3) is 0 Å².